The predicted octanol–water partition coefficient (Wildman–Crippen LogP) is 2.20. The second kappa shape index (κ2) is 5.10. The normalized spacial score (nSPS) is 34.1. The van der Waals surface area contributed by atoms with Crippen molar-refractivity contribution in [2.24, 2.45) is 11.3 Å². The van der Waals surface area contributed by atoms with Crippen molar-refractivity contribution in [1.82, 2.24) is 10.2 Å². The molecule has 0 aromatic rings. The quantitative estimate of drug-likeness (QED) is 0.831. The molecule has 0 radical (unpaired) electrons. The topological polar surface area (TPSA) is 15.3 Å². The van der Waals surface area contributed by atoms with Crippen LogP contribution in [-0.4, -0.2) is 49.1 Å². The number of likely N-dealkylation sites (tertiary alicyclic amines) is 1. The van der Waals surface area contributed by atoms with Crippen LogP contribution in [0.3, 0.4) is 0 Å². The van der Waals surface area contributed by atoms with Gasteiger partial charge in [-0.25, -0.2) is 0 Å². The molecular weight excluding hydrogens is 228 g/mol. The molecule has 98 valence electrons. The zero-order valence-electron chi connectivity index (χ0n) is 11.1. The lowest BCUT2D eigenvalue weighted by Crippen LogP contribution is -2.37. The molecule has 2 nitrogen and oxygen atoms in total. The Labute approximate surface area is 110 Å². The standard InChI is InChI=1S/C14H26N2S/c1-17-13-2-8-16(9-3-13)11-12-10-14(12)4-6-15-7-5-14/h12-13,15H,2-11H2,1H3. The average molecular weight is 254 g/mol. The molecule has 1 unspecified atom stereocenters. The molecule has 2 heterocycles. The highest BCUT2D eigenvalue weighted by molar-refractivity contribution is 7.99. The van der Waals surface area contributed by atoms with Gasteiger partial charge in [-0.05, 0) is 75.9 Å². The zero-order valence-corrected chi connectivity index (χ0v) is 11.9. The van der Waals surface area contributed by atoms with Gasteiger partial charge in [-0.1, -0.05) is 0 Å². The van der Waals surface area contributed by atoms with E-state index in [0.717, 1.165) is 16.6 Å². The molecule has 2 saturated heterocycles. The van der Waals surface area contributed by atoms with Crippen molar-refractivity contribution >= 4 is 11.8 Å². The summed E-state index contributed by atoms with van der Waals surface area (Å²) in [7, 11) is 0. The van der Waals surface area contributed by atoms with Crippen LogP contribution in [0.2, 0.25) is 0 Å². The summed E-state index contributed by atoms with van der Waals surface area (Å²) in [5.74, 6) is 1.04. The van der Waals surface area contributed by atoms with Crippen molar-refractivity contribution in [3.05, 3.63) is 0 Å². The van der Waals surface area contributed by atoms with Crippen LogP contribution in [0, 0.1) is 11.3 Å². The summed E-state index contributed by atoms with van der Waals surface area (Å²) in [6.45, 7) is 6.66. The van der Waals surface area contributed by atoms with Crippen molar-refractivity contribution < 1.29 is 0 Å². The summed E-state index contributed by atoms with van der Waals surface area (Å²) >= 11 is 2.07. The number of rotatable bonds is 3. The van der Waals surface area contributed by atoms with Crippen molar-refractivity contribution in [1.29, 1.82) is 0 Å². The van der Waals surface area contributed by atoms with Crippen molar-refractivity contribution in [2.75, 3.05) is 39.0 Å². The van der Waals surface area contributed by atoms with Crippen LogP contribution < -0.4 is 5.32 Å². The summed E-state index contributed by atoms with van der Waals surface area (Å²) in [6, 6.07) is 0. The second-order valence-electron chi connectivity index (χ2n) is 6.25. The van der Waals surface area contributed by atoms with Gasteiger partial charge in [-0.3, -0.25) is 0 Å². The van der Waals surface area contributed by atoms with E-state index in [-0.39, 0.29) is 0 Å². The first-order valence-electron chi connectivity index (χ1n) is 7.28. The molecule has 3 heteroatoms. The highest BCUT2D eigenvalue weighted by Gasteiger charge is 2.53. The molecule has 2 aliphatic heterocycles. The van der Waals surface area contributed by atoms with Gasteiger partial charge in [-0.2, -0.15) is 11.8 Å². The highest BCUT2D eigenvalue weighted by atomic mass is 32.2. The Morgan fingerprint density at radius 1 is 1.24 bits per heavy atom. The maximum Gasteiger partial charge on any atom is 0.00685 e. The van der Waals surface area contributed by atoms with E-state index in [0.29, 0.717) is 0 Å². The van der Waals surface area contributed by atoms with E-state index in [1.165, 1.54) is 64.8 Å². The van der Waals surface area contributed by atoms with E-state index in [4.69, 9.17) is 0 Å². The molecule has 1 saturated carbocycles. The van der Waals surface area contributed by atoms with Gasteiger partial charge < -0.3 is 10.2 Å². The Morgan fingerprint density at radius 2 is 1.94 bits per heavy atom. The monoisotopic (exact) mass is 254 g/mol. The molecule has 1 N–H and O–H groups in total. The van der Waals surface area contributed by atoms with Crippen LogP contribution in [0.4, 0.5) is 0 Å². The smallest absolute Gasteiger partial charge is 0.00685 e. The highest BCUT2D eigenvalue weighted by Crippen LogP contribution is 2.58. The van der Waals surface area contributed by atoms with Gasteiger partial charge in [0.05, 0.1) is 0 Å². The molecule has 17 heavy (non-hydrogen) atoms. The number of hydrogen-bond donors (Lipinski definition) is 1. The first-order valence-corrected chi connectivity index (χ1v) is 8.57. The Balaban J connectivity index is 1.43. The number of thioether (sulfide) groups is 1. The Bertz CT molecular complexity index is 255. The fourth-order valence-electron chi connectivity index (χ4n) is 3.87. The minimum Gasteiger partial charge on any atom is -0.317 e. The second-order valence-corrected chi connectivity index (χ2v) is 7.39. The van der Waals surface area contributed by atoms with Gasteiger partial charge in [0, 0.05) is 11.8 Å². The molecule has 1 aliphatic carbocycles. The van der Waals surface area contributed by atoms with Crippen molar-refractivity contribution in [3.63, 3.8) is 0 Å². The lowest BCUT2D eigenvalue weighted by molar-refractivity contribution is 0.201. The van der Waals surface area contributed by atoms with Crippen LogP contribution in [-0.2, 0) is 0 Å². The molecular formula is C14H26N2S. The number of nitrogens with one attached hydrogen (secondary N) is 1. The molecule has 0 bridgehead atoms. The number of piperidine rings is 2. The first kappa shape index (κ1) is 12.3. The van der Waals surface area contributed by atoms with Crippen molar-refractivity contribution in [2.45, 2.75) is 37.4 Å². The lowest BCUT2D eigenvalue weighted by Gasteiger charge is -2.32. The van der Waals surface area contributed by atoms with E-state index in [9.17, 15) is 0 Å². The third kappa shape index (κ3) is 2.66. The fourth-order valence-corrected chi connectivity index (χ4v) is 4.55. The predicted molar refractivity (Wildman–Crippen MR) is 75.6 cm³/mol. The Morgan fingerprint density at radius 3 is 2.59 bits per heavy atom. The van der Waals surface area contributed by atoms with Crippen LogP contribution >= 0.6 is 11.8 Å². The third-order valence-electron chi connectivity index (χ3n) is 5.30. The summed E-state index contributed by atoms with van der Waals surface area (Å²) in [5.41, 5.74) is 0.779. The number of nitrogens with zero attached hydrogens (tertiary/aromatic N) is 1. The van der Waals surface area contributed by atoms with Crippen LogP contribution in [0.25, 0.3) is 0 Å². The number of hydrogen-bond acceptors (Lipinski definition) is 3. The molecule has 1 atom stereocenters. The maximum absolute atomic E-state index is 3.50. The third-order valence-corrected chi connectivity index (χ3v) is 6.44. The van der Waals surface area contributed by atoms with Crippen LogP contribution in [0.1, 0.15) is 32.1 Å². The van der Waals surface area contributed by atoms with Crippen LogP contribution in [0.5, 0.6) is 0 Å². The summed E-state index contributed by atoms with van der Waals surface area (Å²) in [6.07, 6.45) is 9.52. The minimum atomic E-state index is 0.779. The maximum atomic E-state index is 3.50. The summed E-state index contributed by atoms with van der Waals surface area (Å²) < 4.78 is 0. The minimum absolute atomic E-state index is 0.779. The molecule has 3 aliphatic rings. The van der Waals surface area contributed by atoms with Gasteiger partial charge in [0.2, 0.25) is 0 Å². The molecule has 0 amide bonds. The average Bonchev–Trinajstić information content (AvgIpc) is 3.03. The fraction of sp³-hybridized carbons (Fsp3) is 1.00. The van der Waals surface area contributed by atoms with Gasteiger partial charge in [-0.15, -0.1) is 0 Å². The van der Waals surface area contributed by atoms with Crippen molar-refractivity contribution in [3.8, 4) is 0 Å². The Hall–Kier alpha value is 0.270. The van der Waals surface area contributed by atoms with E-state index < -0.39 is 0 Å². The van der Waals surface area contributed by atoms with E-state index in [1.54, 1.807) is 0 Å². The van der Waals surface area contributed by atoms with E-state index >= 15 is 0 Å². The summed E-state index contributed by atoms with van der Waals surface area (Å²) in [4.78, 5) is 2.74. The van der Waals surface area contributed by atoms with Gasteiger partial charge in [0.1, 0.15) is 0 Å². The van der Waals surface area contributed by atoms with E-state index in [1.807, 2.05) is 0 Å². The van der Waals surface area contributed by atoms with Gasteiger partial charge in [0.15, 0.2) is 0 Å². The van der Waals surface area contributed by atoms with Crippen LogP contribution in [0.15, 0.2) is 0 Å². The molecule has 3 rings (SSSR count). The first-order chi connectivity index (χ1) is 8.32. The van der Waals surface area contributed by atoms with E-state index in [2.05, 4.69) is 28.2 Å². The molecule has 3 fully saturated rings. The zero-order chi connectivity index (χ0) is 11.7. The summed E-state index contributed by atoms with van der Waals surface area (Å²) in [5, 5.41) is 4.44. The molecule has 0 aromatic carbocycles. The lowest BCUT2D eigenvalue weighted by atomic mass is 9.91. The largest absolute Gasteiger partial charge is 0.317 e. The van der Waals surface area contributed by atoms with Gasteiger partial charge >= 0.3 is 0 Å². The Kier molecular flexibility index (Phi) is 3.69. The molecule has 1 spiro atoms. The SMILES string of the molecule is CSC1CCN(CC2CC23CCNCC3)CC1. The van der Waals surface area contributed by atoms with Gasteiger partial charge in [0.25, 0.3) is 0 Å². The molecule has 0 aromatic heterocycles.